The van der Waals surface area contributed by atoms with E-state index in [-0.39, 0.29) is 11.9 Å². The van der Waals surface area contributed by atoms with E-state index in [0.29, 0.717) is 22.8 Å². The highest BCUT2D eigenvalue weighted by molar-refractivity contribution is 6.30. The van der Waals surface area contributed by atoms with Gasteiger partial charge >= 0.3 is 0 Å². The molecule has 1 aliphatic rings. The Labute approximate surface area is 115 Å². The average Bonchev–Trinajstić information content (AvgIpc) is 2.41. The minimum Gasteiger partial charge on any atom is -0.485 e. The molecular formula is C15H13ClFNO. The number of rotatable bonds is 1. The summed E-state index contributed by atoms with van der Waals surface area (Å²) < 4.78 is 19.7. The minimum absolute atomic E-state index is 0.159. The highest BCUT2D eigenvalue weighted by Crippen LogP contribution is 2.40. The standard InChI is InChI=1S/C15H13ClFNO/c16-9-5-6-12(17)11(7-9)15-8-13(18)10-3-1-2-4-14(10)19-15/h1-7,13,15H,8,18H2/t13-,15?/m1/s1. The van der Waals surface area contributed by atoms with Gasteiger partial charge in [-0.3, -0.25) is 0 Å². The van der Waals surface area contributed by atoms with E-state index in [2.05, 4.69) is 0 Å². The van der Waals surface area contributed by atoms with E-state index >= 15 is 0 Å². The fraction of sp³-hybridized carbons (Fsp3) is 0.200. The van der Waals surface area contributed by atoms with Crippen molar-refractivity contribution in [1.82, 2.24) is 0 Å². The van der Waals surface area contributed by atoms with Crippen molar-refractivity contribution in [3.63, 3.8) is 0 Å². The van der Waals surface area contributed by atoms with Gasteiger partial charge in [0.2, 0.25) is 0 Å². The molecule has 0 aliphatic carbocycles. The zero-order chi connectivity index (χ0) is 13.4. The maximum Gasteiger partial charge on any atom is 0.130 e. The fourth-order valence-corrected chi connectivity index (χ4v) is 2.59. The molecule has 3 rings (SSSR count). The Hall–Kier alpha value is -1.58. The van der Waals surface area contributed by atoms with Crippen LogP contribution in [-0.2, 0) is 0 Å². The molecule has 19 heavy (non-hydrogen) atoms. The number of benzene rings is 2. The normalized spacial score (nSPS) is 21.6. The summed E-state index contributed by atoms with van der Waals surface area (Å²) in [6.07, 6.45) is 0.137. The van der Waals surface area contributed by atoms with E-state index in [9.17, 15) is 4.39 Å². The lowest BCUT2D eigenvalue weighted by Gasteiger charge is -2.30. The third-order valence-electron chi connectivity index (χ3n) is 3.36. The number of fused-ring (bicyclic) bond motifs is 1. The maximum absolute atomic E-state index is 13.9. The Balaban J connectivity index is 1.99. The van der Waals surface area contributed by atoms with Crippen molar-refractivity contribution in [2.24, 2.45) is 5.73 Å². The van der Waals surface area contributed by atoms with Crippen LogP contribution in [0.25, 0.3) is 0 Å². The van der Waals surface area contributed by atoms with Crippen molar-refractivity contribution < 1.29 is 9.13 Å². The molecule has 2 aromatic carbocycles. The van der Waals surface area contributed by atoms with Crippen molar-refractivity contribution in [2.75, 3.05) is 0 Å². The topological polar surface area (TPSA) is 35.2 Å². The molecule has 0 saturated heterocycles. The van der Waals surface area contributed by atoms with Crippen molar-refractivity contribution in [3.8, 4) is 5.75 Å². The van der Waals surface area contributed by atoms with Crippen LogP contribution in [0.3, 0.4) is 0 Å². The molecule has 98 valence electrons. The second kappa shape index (κ2) is 4.83. The van der Waals surface area contributed by atoms with Gasteiger partial charge in [-0.2, -0.15) is 0 Å². The van der Waals surface area contributed by atoms with Crippen LogP contribution in [-0.4, -0.2) is 0 Å². The highest BCUT2D eigenvalue weighted by Gasteiger charge is 2.28. The van der Waals surface area contributed by atoms with Crippen molar-refractivity contribution in [1.29, 1.82) is 0 Å². The number of para-hydroxylation sites is 1. The number of nitrogens with two attached hydrogens (primary N) is 1. The molecular weight excluding hydrogens is 265 g/mol. The molecule has 0 amide bonds. The second-order valence-corrected chi connectivity index (χ2v) is 5.09. The molecule has 2 N–H and O–H groups in total. The first-order valence-corrected chi connectivity index (χ1v) is 6.49. The number of hydrogen-bond acceptors (Lipinski definition) is 2. The molecule has 0 fully saturated rings. The first kappa shape index (κ1) is 12.5. The summed E-state index contributed by atoms with van der Waals surface area (Å²) in [4.78, 5) is 0. The Bertz CT molecular complexity index is 617. The second-order valence-electron chi connectivity index (χ2n) is 4.65. The Kier molecular flexibility index (Phi) is 3.17. The van der Waals surface area contributed by atoms with Crippen LogP contribution in [0.15, 0.2) is 42.5 Å². The SMILES string of the molecule is N[C@@H]1CC(c2cc(Cl)ccc2F)Oc2ccccc21. The fourth-order valence-electron chi connectivity index (χ4n) is 2.40. The van der Waals surface area contributed by atoms with Gasteiger partial charge in [-0.25, -0.2) is 4.39 Å². The van der Waals surface area contributed by atoms with Crippen LogP contribution in [0.2, 0.25) is 5.02 Å². The molecule has 0 saturated carbocycles. The lowest BCUT2D eigenvalue weighted by Crippen LogP contribution is -2.24. The molecule has 2 aromatic rings. The molecule has 2 nitrogen and oxygen atoms in total. The summed E-state index contributed by atoms with van der Waals surface area (Å²) in [5.74, 6) is 0.395. The lowest BCUT2D eigenvalue weighted by atomic mass is 9.93. The lowest BCUT2D eigenvalue weighted by molar-refractivity contribution is 0.157. The monoisotopic (exact) mass is 277 g/mol. The molecule has 1 unspecified atom stereocenters. The third kappa shape index (κ3) is 2.31. The van der Waals surface area contributed by atoms with E-state index in [1.165, 1.54) is 12.1 Å². The van der Waals surface area contributed by atoms with Crippen molar-refractivity contribution >= 4 is 11.6 Å². The van der Waals surface area contributed by atoms with Gasteiger partial charge in [0.1, 0.15) is 17.7 Å². The van der Waals surface area contributed by atoms with E-state index in [1.807, 2.05) is 24.3 Å². The predicted molar refractivity (Wildman–Crippen MR) is 72.8 cm³/mol. The summed E-state index contributed by atoms with van der Waals surface area (Å²) in [5, 5.41) is 0.493. The van der Waals surface area contributed by atoms with Crippen molar-refractivity contribution in [2.45, 2.75) is 18.6 Å². The van der Waals surface area contributed by atoms with Crippen LogP contribution in [0.1, 0.15) is 29.7 Å². The molecule has 0 aromatic heterocycles. The van der Waals surface area contributed by atoms with Gasteiger partial charge in [-0.05, 0) is 24.3 Å². The molecule has 0 radical (unpaired) electrons. The number of halogens is 2. The molecule has 0 spiro atoms. The molecule has 4 heteroatoms. The Morgan fingerprint density at radius 3 is 2.79 bits per heavy atom. The summed E-state index contributed by atoms with van der Waals surface area (Å²) >= 11 is 5.92. The molecule has 1 aliphatic heterocycles. The van der Waals surface area contributed by atoms with E-state index in [1.54, 1.807) is 6.07 Å². The number of ether oxygens (including phenoxy) is 1. The van der Waals surface area contributed by atoms with Gasteiger partial charge in [0.15, 0.2) is 0 Å². The van der Waals surface area contributed by atoms with Gasteiger partial charge in [-0.1, -0.05) is 29.8 Å². The Morgan fingerprint density at radius 2 is 1.95 bits per heavy atom. The first-order valence-electron chi connectivity index (χ1n) is 6.11. The van der Waals surface area contributed by atoms with Crippen LogP contribution in [0, 0.1) is 5.82 Å². The zero-order valence-electron chi connectivity index (χ0n) is 10.1. The third-order valence-corrected chi connectivity index (χ3v) is 3.60. The summed E-state index contributed by atoms with van der Waals surface area (Å²) in [6, 6.07) is 11.9. The van der Waals surface area contributed by atoms with Gasteiger partial charge in [-0.15, -0.1) is 0 Å². The van der Waals surface area contributed by atoms with Gasteiger partial charge in [0.25, 0.3) is 0 Å². The maximum atomic E-state index is 13.9. The van der Waals surface area contributed by atoms with Crippen LogP contribution in [0.5, 0.6) is 5.75 Å². The molecule has 1 heterocycles. The predicted octanol–water partition coefficient (Wildman–Crippen LogP) is 4.00. The first-order chi connectivity index (χ1) is 9.15. The van der Waals surface area contributed by atoms with Gasteiger partial charge < -0.3 is 10.5 Å². The van der Waals surface area contributed by atoms with Gasteiger partial charge in [0.05, 0.1) is 0 Å². The van der Waals surface area contributed by atoms with E-state index < -0.39 is 6.10 Å². The summed E-state index contributed by atoms with van der Waals surface area (Å²) in [7, 11) is 0. The van der Waals surface area contributed by atoms with Crippen LogP contribution >= 0.6 is 11.6 Å². The van der Waals surface area contributed by atoms with Gasteiger partial charge in [0, 0.05) is 28.6 Å². The smallest absolute Gasteiger partial charge is 0.130 e. The summed E-state index contributed by atoms with van der Waals surface area (Å²) in [6.45, 7) is 0. The van der Waals surface area contributed by atoms with E-state index in [0.717, 1.165) is 5.56 Å². The van der Waals surface area contributed by atoms with Crippen molar-refractivity contribution in [3.05, 3.63) is 64.4 Å². The Morgan fingerprint density at radius 1 is 1.16 bits per heavy atom. The van der Waals surface area contributed by atoms with E-state index in [4.69, 9.17) is 22.1 Å². The zero-order valence-corrected chi connectivity index (χ0v) is 10.9. The number of hydrogen-bond donors (Lipinski definition) is 1. The summed E-state index contributed by atoms with van der Waals surface area (Å²) in [5.41, 5.74) is 7.54. The highest BCUT2D eigenvalue weighted by atomic mass is 35.5. The average molecular weight is 278 g/mol. The quantitative estimate of drug-likeness (QED) is 0.855. The largest absolute Gasteiger partial charge is 0.485 e. The molecule has 0 bridgehead atoms. The van der Waals surface area contributed by atoms with Crippen LogP contribution in [0.4, 0.5) is 4.39 Å². The molecule has 2 atom stereocenters. The van der Waals surface area contributed by atoms with Crippen LogP contribution < -0.4 is 10.5 Å². The minimum atomic E-state index is -0.399.